The van der Waals surface area contributed by atoms with Gasteiger partial charge in [-0.25, -0.2) is 9.59 Å². The van der Waals surface area contributed by atoms with E-state index in [9.17, 15) is 14.4 Å². The predicted molar refractivity (Wildman–Crippen MR) is 106 cm³/mol. The zero-order valence-corrected chi connectivity index (χ0v) is 16.6. The summed E-state index contributed by atoms with van der Waals surface area (Å²) in [7, 11) is 1.23. The van der Waals surface area contributed by atoms with Crippen LogP contribution in [0.3, 0.4) is 0 Å². The maximum atomic E-state index is 12.6. The van der Waals surface area contributed by atoms with Crippen molar-refractivity contribution in [2.24, 2.45) is 0 Å². The highest BCUT2D eigenvalue weighted by Gasteiger charge is 2.34. The molecule has 4 rings (SSSR count). The second-order valence-corrected chi connectivity index (χ2v) is 7.29. The molecule has 9 heteroatoms. The van der Waals surface area contributed by atoms with Crippen molar-refractivity contribution in [3.63, 3.8) is 0 Å². The van der Waals surface area contributed by atoms with E-state index >= 15 is 0 Å². The van der Waals surface area contributed by atoms with E-state index < -0.39 is 17.9 Å². The smallest absolute Gasteiger partial charge is 0.373 e. The summed E-state index contributed by atoms with van der Waals surface area (Å²) in [5.41, 5.74) is 0.0883. The fourth-order valence-electron chi connectivity index (χ4n) is 2.76. The maximum Gasteiger partial charge on any atom is 0.373 e. The molecule has 0 radical (unpaired) electrons. The van der Waals surface area contributed by atoms with Crippen LogP contribution in [0.15, 0.2) is 79.1 Å². The van der Waals surface area contributed by atoms with Crippen LogP contribution in [0, 0.1) is 0 Å². The highest BCUT2D eigenvalue weighted by atomic mass is 32.2. The first-order valence-electron chi connectivity index (χ1n) is 8.88. The first-order valence-corrected chi connectivity index (χ1v) is 9.69. The summed E-state index contributed by atoms with van der Waals surface area (Å²) in [6.45, 7) is -0.119. The average molecular weight is 424 g/mol. The normalized spacial score (nSPS) is 15.0. The van der Waals surface area contributed by atoms with Gasteiger partial charge in [0.05, 0.1) is 13.7 Å². The van der Waals surface area contributed by atoms with Crippen LogP contribution in [0.4, 0.5) is 4.79 Å². The number of imide groups is 1. The minimum absolute atomic E-state index is 0.00523. The Morgan fingerprint density at radius 3 is 2.67 bits per heavy atom. The molecule has 3 aromatic rings. The number of methoxy groups -OCH3 is 1. The van der Waals surface area contributed by atoms with Crippen LogP contribution in [0.5, 0.6) is 0 Å². The van der Waals surface area contributed by atoms with Crippen molar-refractivity contribution in [2.45, 2.75) is 16.5 Å². The molecule has 2 aromatic heterocycles. The second-order valence-electron chi connectivity index (χ2n) is 6.21. The first kappa shape index (κ1) is 19.6. The SMILES string of the molecule is COC(=O)c1ccc(CN2C(=O)NC(=Cc3ccc(Sc4ccccc4)o3)C2=O)o1. The van der Waals surface area contributed by atoms with Gasteiger partial charge in [-0.2, -0.15) is 0 Å². The summed E-state index contributed by atoms with van der Waals surface area (Å²) in [5.74, 6) is -0.454. The molecule has 1 aliphatic rings. The molecule has 0 aliphatic carbocycles. The van der Waals surface area contributed by atoms with Crippen molar-refractivity contribution in [3.8, 4) is 0 Å². The number of carbonyl (C=O) groups is 3. The topological polar surface area (TPSA) is 102 Å². The second kappa shape index (κ2) is 8.34. The van der Waals surface area contributed by atoms with Crippen molar-refractivity contribution in [2.75, 3.05) is 7.11 Å². The Hall–Kier alpha value is -3.72. The molecule has 3 heterocycles. The average Bonchev–Trinajstić information content (AvgIpc) is 3.46. The van der Waals surface area contributed by atoms with Crippen LogP contribution in [0.25, 0.3) is 6.08 Å². The van der Waals surface area contributed by atoms with E-state index in [-0.39, 0.29) is 23.8 Å². The third kappa shape index (κ3) is 4.15. The molecule has 1 aromatic carbocycles. The van der Waals surface area contributed by atoms with Crippen LogP contribution in [-0.4, -0.2) is 29.9 Å². The number of rotatable bonds is 6. The highest BCUT2D eigenvalue weighted by molar-refractivity contribution is 7.99. The molecular weight excluding hydrogens is 408 g/mol. The number of urea groups is 1. The molecule has 30 heavy (non-hydrogen) atoms. The summed E-state index contributed by atoms with van der Waals surface area (Å²) in [6, 6.07) is 15.6. The van der Waals surface area contributed by atoms with Gasteiger partial charge in [0.25, 0.3) is 5.91 Å². The lowest BCUT2D eigenvalue weighted by Crippen LogP contribution is -2.30. The fourth-order valence-corrected chi connectivity index (χ4v) is 3.56. The number of ether oxygens (including phenoxy) is 1. The Bertz CT molecular complexity index is 1130. The van der Waals surface area contributed by atoms with Gasteiger partial charge in [-0.1, -0.05) is 30.0 Å². The molecule has 8 nitrogen and oxygen atoms in total. The largest absolute Gasteiger partial charge is 0.463 e. The van der Waals surface area contributed by atoms with Crippen LogP contribution < -0.4 is 5.32 Å². The Morgan fingerprint density at radius 2 is 1.90 bits per heavy atom. The van der Waals surface area contributed by atoms with Gasteiger partial charge in [-0.15, -0.1) is 0 Å². The van der Waals surface area contributed by atoms with E-state index in [1.807, 2.05) is 30.3 Å². The van der Waals surface area contributed by atoms with Crippen molar-refractivity contribution in [3.05, 3.63) is 77.6 Å². The standard InChI is InChI=1S/C21H16N2O6S/c1-27-20(25)17-9-7-14(28-17)12-23-19(24)16(22-21(23)26)11-13-8-10-18(29-13)30-15-5-3-2-4-6-15/h2-11H,12H2,1H3,(H,22,26). The van der Waals surface area contributed by atoms with E-state index in [4.69, 9.17) is 8.83 Å². The van der Waals surface area contributed by atoms with Gasteiger partial charge in [0.1, 0.15) is 17.2 Å². The van der Waals surface area contributed by atoms with E-state index in [0.717, 1.165) is 9.80 Å². The van der Waals surface area contributed by atoms with E-state index in [2.05, 4.69) is 10.1 Å². The van der Waals surface area contributed by atoms with Gasteiger partial charge >= 0.3 is 12.0 Å². The van der Waals surface area contributed by atoms with Crippen molar-refractivity contribution in [1.29, 1.82) is 0 Å². The van der Waals surface area contributed by atoms with Gasteiger partial charge in [0.15, 0.2) is 5.09 Å². The van der Waals surface area contributed by atoms with E-state index in [1.54, 1.807) is 12.1 Å². The van der Waals surface area contributed by atoms with Crippen molar-refractivity contribution >= 4 is 35.7 Å². The molecule has 3 amide bonds. The zero-order valence-electron chi connectivity index (χ0n) is 15.8. The third-order valence-electron chi connectivity index (χ3n) is 4.17. The number of amides is 3. The van der Waals surface area contributed by atoms with Crippen LogP contribution >= 0.6 is 11.8 Å². The molecule has 1 N–H and O–H groups in total. The number of hydrogen-bond donors (Lipinski definition) is 1. The van der Waals surface area contributed by atoms with Gasteiger partial charge < -0.3 is 18.9 Å². The number of furan rings is 2. The lowest BCUT2D eigenvalue weighted by Gasteiger charge is -2.09. The number of hydrogen-bond acceptors (Lipinski definition) is 7. The number of benzene rings is 1. The Labute approximate surface area is 175 Å². The summed E-state index contributed by atoms with van der Waals surface area (Å²) >= 11 is 1.45. The summed E-state index contributed by atoms with van der Waals surface area (Å²) in [6.07, 6.45) is 1.47. The van der Waals surface area contributed by atoms with E-state index in [1.165, 1.54) is 37.1 Å². The summed E-state index contributed by atoms with van der Waals surface area (Å²) in [4.78, 5) is 38.3. The molecule has 1 aliphatic heterocycles. The number of esters is 1. The molecule has 0 spiro atoms. The lowest BCUT2D eigenvalue weighted by molar-refractivity contribution is -0.123. The fraction of sp³-hybridized carbons (Fsp3) is 0.0952. The minimum Gasteiger partial charge on any atom is -0.463 e. The number of nitrogens with one attached hydrogen (secondary N) is 1. The minimum atomic E-state index is -0.638. The molecule has 0 saturated carbocycles. The summed E-state index contributed by atoms with van der Waals surface area (Å²) in [5, 5.41) is 3.18. The van der Waals surface area contributed by atoms with Crippen LogP contribution in [0.1, 0.15) is 22.1 Å². The predicted octanol–water partition coefficient (Wildman–Crippen LogP) is 3.90. The van der Waals surface area contributed by atoms with Crippen LogP contribution in [-0.2, 0) is 16.1 Å². The monoisotopic (exact) mass is 424 g/mol. The maximum absolute atomic E-state index is 12.6. The zero-order chi connectivity index (χ0) is 21.1. The molecule has 152 valence electrons. The molecule has 0 atom stereocenters. The quantitative estimate of drug-likeness (QED) is 0.364. The van der Waals surface area contributed by atoms with E-state index in [0.29, 0.717) is 10.9 Å². The van der Waals surface area contributed by atoms with Gasteiger partial charge in [0, 0.05) is 11.0 Å². The van der Waals surface area contributed by atoms with Gasteiger partial charge in [-0.05, 0) is 36.4 Å². The highest BCUT2D eigenvalue weighted by Crippen LogP contribution is 2.30. The number of nitrogens with zero attached hydrogens (tertiary/aromatic N) is 1. The first-order chi connectivity index (χ1) is 14.5. The molecule has 1 fully saturated rings. The Morgan fingerprint density at radius 1 is 1.10 bits per heavy atom. The van der Waals surface area contributed by atoms with Gasteiger partial charge in [0.2, 0.25) is 5.76 Å². The Balaban J connectivity index is 1.45. The Kier molecular flexibility index (Phi) is 5.44. The van der Waals surface area contributed by atoms with Crippen molar-refractivity contribution in [1.82, 2.24) is 10.2 Å². The van der Waals surface area contributed by atoms with Crippen molar-refractivity contribution < 1.29 is 28.0 Å². The summed E-state index contributed by atoms with van der Waals surface area (Å²) < 4.78 is 15.6. The van der Waals surface area contributed by atoms with Crippen LogP contribution in [0.2, 0.25) is 0 Å². The molecular formula is C21H16N2O6S. The third-order valence-corrected chi connectivity index (χ3v) is 5.10. The number of carbonyl (C=O) groups excluding carboxylic acids is 3. The molecule has 0 bridgehead atoms. The van der Waals surface area contributed by atoms with Gasteiger partial charge in [-0.3, -0.25) is 9.69 Å². The lowest BCUT2D eigenvalue weighted by atomic mass is 10.3. The molecule has 1 saturated heterocycles. The molecule has 0 unspecified atom stereocenters.